The lowest BCUT2D eigenvalue weighted by molar-refractivity contribution is 0.306. The van der Waals surface area contributed by atoms with Crippen molar-refractivity contribution in [1.29, 1.82) is 0 Å². The Kier molecular flexibility index (Phi) is 5.06. The molecular formula is C13H13BrClNOS. The lowest BCUT2D eigenvalue weighted by Crippen LogP contribution is -2.08. The van der Waals surface area contributed by atoms with Gasteiger partial charge < -0.3 is 10.1 Å². The second-order valence-corrected chi connectivity index (χ2v) is 6.09. The van der Waals surface area contributed by atoms with Crippen LogP contribution in [0.1, 0.15) is 10.4 Å². The van der Waals surface area contributed by atoms with Gasteiger partial charge in [0.05, 0.1) is 0 Å². The fourth-order valence-electron chi connectivity index (χ4n) is 1.60. The van der Waals surface area contributed by atoms with E-state index < -0.39 is 0 Å². The summed E-state index contributed by atoms with van der Waals surface area (Å²) in [6.45, 7) is 1.26. The van der Waals surface area contributed by atoms with Crippen molar-refractivity contribution in [2.75, 3.05) is 7.05 Å². The molecule has 0 bridgehead atoms. The number of benzene rings is 1. The molecule has 0 saturated heterocycles. The number of nitrogens with one attached hydrogen (secondary N) is 1. The predicted molar refractivity (Wildman–Crippen MR) is 80.6 cm³/mol. The predicted octanol–water partition coefficient (Wildman–Crippen LogP) is 4.46. The second-order valence-electron chi connectivity index (χ2n) is 3.77. The molecule has 0 aliphatic carbocycles. The van der Waals surface area contributed by atoms with Gasteiger partial charge in [-0.15, -0.1) is 11.3 Å². The van der Waals surface area contributed by atoms with E-state index in [9.17, 15) is 0 Å². The number of hydrogen-bond acceptors (Lipinski definition) is 3. The molecule has 0 radical (unpaired) electrons. The summed E-state index contributed by atoms with van der Waals surface area (Å²) < 4.78 is 6.93. The van der Waals surface area contributed by atoms with Crippen molar-refractivity contribution in [2.45, 2.75) is 13.2 Å². The molecule has 0 spiro atoms. The SMILES string of the molecule is CNCc1c(Cl)cccc1OCc1cc(Br)cs1. The van der Waals surface area contributed by atoms with E-state index >= 15 is 0 Å². The molecule has 1 aromatic carbocycles. The van der Waals surface area contributed by atoms with Crippen molar-refractivity contribution in [3.05, 3.63) is 49.6 Å². The average Bonchev–Trinajstić information content (AvgIpc) is 2.76. The van der Waals surface area contributed by atoms with E-state index in [1.807, 2.05) is 30.6 Å². The van der Waals surface area contributed by atoms with Gasteiger partial charge in [-0.3, -0.25) is 0 Å². The average molecular weight is 347 g/mol. The number of ether oxygens (including phenoxy) is 1. The minimum absolute atomic E-state index is 0.563. The fraction of sp³-hybridized carbons (Fsp3) is 0.231. The molecule has 2 rings (SSSR count). The number of thiophene rings is 1. The molecule has 0 aliphatic heterocycles. The van der Waals surface area contributed by atoms with Gasteiger partial charge in [0.1, 0.15) is 12.4 Å². The Labute approximate surface area is 124 Å². The second kappa shape index (κ2) is 6.57. The molecule has 0 amide bonds. The van der Waals surface area contributed by atoms with Gasteiger partial charge in [0, 0.05) is 31.9 Å². The van der Waals surface area contributed by atoms with Gasteiger partial charge in [-0.25, -0.2) is 0 Å². The van der Waals surface area contributed by atoms with Crippen LogP contribution in [-0.4, -0.2) is 7.05 Å². The third-order valence-electron chi connectivity index (χ3n) is 2.42. The maximum atomic E-state index is 6.17. The molecule has 0 unspecified atom stereocenters. The van der Waals surface area contributed by atoms with Crippen molar-refractivity contribution in [3.63, 3.8) is 0 Å². The van der Waals surface area contributed by atoms with Crippen LogP contribution in [0.15, 0.2) is 34.1 Å². The molecule has 18 heavy (non-hydrogen) atoms. The van der Waals surface area contributed by atoms with E-state index in [1.165, 1.54) is 4.88 Å². The number of hydrogen-bond donors (Lipinski definition) is 1. The minimum Gasteiger partial charge on any atom is -0.488 e. The molecule has 5 heteroatoms. The van der Waals surface area contributed by atoms with Crippen LogP contribution in [0.3, 0.4) is 0 Å². The molecular weight excluding hydrogens is 334 g/mol. The Morgan fingerprint density at radius 2 is 2.28 bits per heavy atom. The molecule has 1 aromatic heterocycles. The first-order valence-electron chi connectivity index (χ1n) is 5.48. The maximum absolute atomic E-state index is 6.17. The Morgan fingerprint density at radius 3 is 2.94 bits per heavy atom. The zero-order chi connectivity index (χ0) is 13.0. The topological polar surface area (TPSA) is 21.3 Å². The fourth-order valence-corrected chi connectivity index (χ4v) is 3.20. The molecule has 2 nitrogen and oxygen atoms in total. The summed E-state index contributed by atoms with van der Waals surface area (Å²) in [6, 6.07) is 7.79. The summed E-state index contributed by atoms with van der Waals surface area (Å²) >= 11 is 11.3. The van der Waals surface area contributed by atoms with E-state index in [2.05, 4.69) is 27.3 Å². The highest BCUT2D eigenvalue weighted by Gasteiger charge is 2.08. The lowest BCUT2D eigenvalue weighted by atomic mass is 10.2. The van der Waals surface area contributed by atoms with Gasteiger partial charge in [0.15, 0.2) is 0 Å². The molecule has 0 aliphatic rings. The molecule has 0 fully saturated rings. The van der Waals surface area contributed by atoms with E-state index in [1.54, 1.807) is 11.3 Å². The summed E-state index contributed by atoms with van der Waals surface area (Å²) in [6.07, 6.45) is 0. The van der Waals surface area contributed by atoms with Gasteiger partial charge in [-0.2, -0.15) is 0 Å². The van der Waals surface area contributed by atoms with Gasteiger partial charge in [0.25, 0.3) is 0 Å². The first-order chi connectivity index (χ1) is 8.70. The largest absolute Gasteiger partial charge is 0.488 e. The number of halogens is 2. The molecule has 0 saturated carbocycles. The summed E-state index contributed by atoms with van der Waals surface area (Å²) in [4.78, 5) is 1.18. The highest BCUT2D eigenvalue weighted by Crippen LogP contribution is 2.28. The van der Waals surface area contributed by atoms with Crippen LogP contribution in [0.4, 0.5) is 0 Å². The first-order valence-corrected chi connectivity index (χ1v) is 7.53. The normalized spacial score (nSPS) is 10.6. The molecule has 2 aromatic rings. The molecule has 96 valence electrons. The summed E-state index contributed by atoms with van der Waals surface area (Å²) in [5.41, 5.74) is 0.997. The van der Waals surface area contributed by atoms with Crippen LogP contribution in [0.2, 0.25) is 5.02 Å². The van der Waals surface area contributed by atoms with Crippen molar-refractivity contribution < 1.29 is 4.74 Å². The van der Waals surface area contributed by atoms with Crippen LogP contribution in [-0.2, 0) is 13.2 Å². The Bertz CT molecular complexity index is 529. The molecule has 1 heterocycles. The van der Waals surface area contributed by atoms with Gasteiger partial charge >= 0.3 is 0 Å². The first kappa shape index (κ1) is 13.9. The highest BCUT2D eigenvalue weighted by atomic mass is 79.9. The van der Waals surface area contributed by atoms with E-state index in [0.717, 1.165) is 20.8 Å². The third kappa shape index (κ3) is 3.48. The van der Waals surface area contributed by atoms with Crippen molar-refractivity contribution in [3.8, 4) is 5.75 Å². The monoisotopic (exact) mass is 345 g/mol. The Morgan fingerprint density at radius 1 is 1.44 bits per heavy atom. The van der Waals surface area contributed by atoms with E-state index in [0.29, 0.717) is 13.2 Å². The van der Waals surface area contributed by atoms with Gasteiger partial charge in [0.2, 0.25) is 0 Å². The lowest BCUT2D eigenvalue weighted by Gasteiger charge is -2.12. The quantitative estimate of drug-likeness (QED) is 0.863. The van der Waals surface area contributed by atoms with Gasteiger partial charge in [-0.1, -0.05) is 17.7 Å². The smallest absolute Gasteiger partial charge is 0.125 e. The van der Waals surface area contributed by atoms with Crippen LogP contribution >= 0.6 is 38.9 Å². The summed E-state index contributed by atoms with van der Waals surface area (Å²) in [7, 11) is 1.89. The third-order valence-corrected chi connectivity index (χ3v) is 4.45. The summed E-state index contributed by atoms with van der Waals surface area (Å²) in [5, 5.41) is 5.88. The molecule has 0 atom stereocenters. The van der Waals surface area contributed by atoms with Crippen LogP contribution in [0.5, 0.6) is 5.75 Å². The minimum atomic E-state index is 0.563. The zero-order valence-electron chi connectivity index (χ0n) is 9.87. The number of rotatable bonds is 5. The van der Waals surface area contributed by atoms with E-state index in [4.69, 9.17) is 16.3 Å². The van der Waals surface area contributed by atoms with Crippen molar-refractivity contribution in [2.24, 2.45) is 0 Å². The van der Waals surface area contributed by atoms with E-state index in [-0.39, 0.29) is 0 Å². The van der Waals surface area contributed by atoms with Crippen LogP contribution < -0.4 is 10.1 Å². The van der Waals surface area contributed by atoms with Crippen molar-refractivity contribution >= 4 is 38.9 Å². The Balaban J connectivity index is 2.11. The van der Waals surface area contributed by atoms with Crippen molar-refractivity contribution in [1.82, 2.24) is 5.32 Å². The highest BCUT2D eigenvalue weighted by molar-refractivity contribution is 9.10. The van der Waals surface area contributed by atoms with Crippen LogP contribution in [0.25, 0.3) is 0 Å². The summed E-state index contributed by atoms with van der Waals surface area (Å²) in [5.74, 6) is 0.835. The maximum Gasteiger partial charge on any atom is 0.125 e. The van der Waals surface area contributed by atoms with Crippen LogP contribution in [0, 0.1) is 0 Å². The standard InChI is InChI=1S/C13H13BrClNOS/c1-16-6-11-12(15)3-2-4-13(11)17-7-10-5-9(14)8-18-10/h2-5,8,16H,6-7H2,1H3. The van der Waals surface area contributed by atoms with Gasteiger partial charge in [-0.05, 0) is 41.2 Å². The molecule has 1 N–H and O–H groups in total. The Hall–Kier alpha value is -0.550. The zero-order valence-corrected chi connectivity index (χ0v) is 13.0.